The molecule has 0 aliphatic carbocycles. The largest absolute Gasteiger partial charge is 0.360 e. The Bertz CT molecular complexity index is 770. The van der Waals surface area contributed by atoms with Crippen LogP contribution in [0.15, 0.2) is 42.7 Å². The Kier molecular flexibility index (Phi) is 3.39. The lowest BCUT2D eigenvalue weighted by atomic mass is 9.90. The minimum Gasteiger partial charge on any atom is -0.360 e. The van der Waals surface area contributed by atoms with Crippen molar-refractivity contribution in [2.75, 3.05) is 20.1 Å². The van der Waals surface area contributed by atoms with E-state index in [0.29, 0.717) is 5.92 Å². The van der Waals surface area contributed by atoms with Crippen LogP contribution in [-0.2, 0) is 0 Å². The van der Waals surface area contributed by atoms with E-state index in [0.717, 1.165) is 35.5 Å². The summed E-state index contributed by atoms with van der Waals surface area (Å²) in [6.07, 6.45) is 6.38. The molecule has 0 unspecified atom stereocenters. The maximum Gasteiger partial charge on any atom is 0.0921 e. The van der Waals surface area contributed by atoms with Crippen LogP contribution in [0.1, 0.15) is 24.3 Å². The Hall–Kier alpha value is -2.20. The van der Waals surface area contributed by atoms with Gasteiger partial charge in [-0.25, -0.2) is 4.98 Å². The van der Waals surface area contributed by atoms with E-state index >= 15 is 0 Å². The molecule has 112 valence electrons. The predicted molar refractivity (Wildman–Crippen MR) is 88.8 cm³/mol. The van der Waals surface area contributed by atoms with Crippen LogP contribution in [0.25, 0.3) is 22.4 Å². The number of hydrogen-bond acceptors (Lipinski definition) is 3. The molecule has 0 aromatic carbocycles. The molecule has 0 bridgehead atoms. The van der Waals surface area contributed by atoms with Gasteiger partial charge in [-0.1, -0.05) is 6.07 Å². The summed E-state index contributed by atoms with van der Waals surface area (Å²) in [5.41, 5.74) is 5.47. The topological polar surface area (TPSA) is 44.8 Å². The molecule has 0 atom stereocenters. The molecule has 0 spiro atoms. The first-order valence-corrected chi connectivity index (χ1v) is 7.89. The van der Waals surface area contributed by atoms with Crippen molar-refractivity contribution in [3.63, 3.8) is 0 Å². The fraction of sp³-hybridized carbons (Fsp3) is 0.333. The molecule has 4 heterocycles. The van der Waals surface area contributed by atoms with Crippen LogP contribution in [0.2, 0.25) is 0 Å². The van der Waals surface area contributed by atoms with Crippen molar-refractivity contribution < 1.29 is 0 Å². The second kappa shape index (κ2) is 5.54. The quantitative estimate of drug-likeness (QED) is 0.787. The molecule has 3 aromatic rings. The first-order valence-electron chi connectivity index (χ1n) is 7.89. The van der Waals surface area contributed by atoms with Gasteiger partial charge in [0, 0.05) is 12.4 Å². The average Bonchev–Trinajstić information content (AvgIpc) is 2.99. The van der Waals surface area contributed by atoms with Gasteiger partial charge in [0.15, 0.2) is 0 Å². The van der Waals surface area contributed by atoms with Gasteiger partial charge in [-0.3, -0.25) is 4.98 Å². The average molecular weight is 292 g/mol. The molecule has 4 nitrogen and oxygen atoms in total. The Morgan fingerprint density at radius 3 is 2.73 bits per heavy atom. The lowest BCUT2D eigenvalue weighted by Crippen LogP contribution is -2.29. The number of aromatic nitrogens is 3. The highest BCUT2D eigenvalue weighted by atomic mass is 15.1. The molecule has 4 rings (SSSR count). The second-order valence-corrected chi connectivity index (χ2v) is 6.13. The second-order valence-electron chi connectivity index (χ2n) is 6.13. The number of aromatic amines is 1. The van der Waals surface area contributed by atoms with Crippen LogP contribution in [0, 0.1) is 0 Å². The van der Waals surface area contributed by atoms with E-state index in [1.54, 1.807) is 0 Å². The van der Waals surface area contributed by atoms with Gasteiger partial charge < -0.3 is 9.88 Å². The van der Waals surface area contributed by atoms with Crippen molar-refractivity contribution in [3.8, 4) is 11.4 Å². The molecular weight excluding hydrogens is 272 g/mol. The number of likely N-dealkylation sites (tertiary alicyclic amines) is 1. The molecule has 0 amide bonds. The summed E-state index contributed by atoms with van der Waals surface area (Å²) < 4.78 is 0. The summed E-state index contributed by atoms with van der Waals surface area (Å²) in [5, 5.41) is 0. The summed E-state index contributed by atoms with van der Waals surface area (Å²) in [7, 11) is 2.20. The number of piperidine rings is 1. The van der Waals surface area contributed by atoms with E-state index in [2.05, 4.69) is 34.2 Å². The van der Waals surface area contributed by atoms with E-state index in [1.165, 1.54) is 18.4 Å². The lowest BCUT2D eigenvalue weighted by molar-refractivity contribution is 0.256. The van der Waals surface area contributed by atoms with Crippen molar-refractivity contribution in [3.05, 3.63) is 48.3 Å². The molecule has 1 N–H and O–H groups in total. The third kappa shape index (κ3) is 2.40. The van der Waals surface area contributed by atoms with Gasteiger partial charge in [-0.05, 0) is 68.7 Å². The number of nitrogens with zero attached hydrogens (tertiary/aromatic N) is 3. The minimum absolute atomic E-state index is 0.608. The summed E-state index contributed by atoms with van der Waals surface area (Å²) >= 11 is 0. The summed E-state index contributed by atoms with van der Waals surface area (Å²) in [6, 6.07) is 10.1. The van der Waals surface area contributed by atoms with Crippen molar-refractivity contribution in [1.82, 2.24) is 19.9 Å². The van der Waals surface area contributed by atoms with Gasteiger partial charge in [-0.2, -0.15) is 0 Å². The Morgan fingerprint density at radius 1 is 1.09 bits per heavy atom. The number of rotatable bonds is 2. The highest BCUT2D eigenvalue weighted by Crippen LogP contribution is 2.32. The molecule has 1 aliphatic heterocycles. The van der Waals surface area contributed by atoms with Crippen molar-refractivity contribution >= 4 is 11.0 Å². The normalized spacial score (nSPS) is 17.1. The van der Waals surface area contributed by atoms with Gasteiger partial charge in [0.25, 0.3) is 0 Å². The summed E-state index contributed by atoms with van der Waals surface area (Å²) in [4.78, 5) is 15.1. The van der Waals surface area contributed by atoms with Gasteiger partial charge in [0.05, 0.1) is 22.4 Å². The molecule has 1 fully saturated rings. The Labute approximate surface area is 130 Å². The van der Waals surface area contributed by atoms with E-state index in [9.17, 15) is 0 Å². The molecule has 0 saturated carbocycles. The van der Waals surface area contributed by atoms with E-state index in [-0.39, 0.29) is 0 Å². The number of hydrogen-bond donors (Lipinski definition) is 1. The maximum atomic E-state index is 4.89. The van der Waals surface area contributed by atoms with Crippen molar-refractivity contribution in [1.29, 1.82) is 0 Å². The fourth-order valence-electron chi connectivity index (χ4n) is 3.31. The molecule has 3 aromatic heterocycles. The van der Waals surface area contributed by atoms with Gasteiger partial charge in [-0.15, -0.1) is 0 Å². The van der Waals surface area contributed by atoms with Gasteiger partial charge in [0.2, 0.25) is 0 Å². The van der Waals surface area contributed by atoms with Crippen LogP contribution in [-0.4, -0.2) is 40.0 Å². The van der Waals surface area contributed by atoms with Gasteiger partial charge >= 0.3 is 0 Å². The van der Waals surface area contributed by atoms with Crippen LogP contribution < -0.4 is 0 Å². The van der Waals surface area contributed by atoms with Crippen LogP contribution in [0.3, 0.4) is 0 Å². The standard InChI is InChI=1S/C18H20N4/c1-22-10-7-13(8-11-22)14-12-20-17-6-5-16(21-18(14)17)15-4-2-3-9-19-15/h2-6,9,12-13,20H,7-8,10-11H2,1H3. The zero-order valence-electron chi connectivity index (χ0n) is 12.8. The number of nitrogens with one attached hydrogen (secondary N) is 1. The summed E-state index contributed by atoms with van der Waals surface area (Å²) in [6.45, 7) is 2.33. The maximum absolute atomic E-state index is 4.89. The monoisotopic (exact) mass is 292 g/mol. The zero-order valence-corrected chi connectivity index (χ0v) is 12.8. The Morgan fingerprint density at radius 2 is 1.95 bits per heavy atom. The third-order valence-corrected chi connectivity index (χ3v) is 4.64. The van der Waals surface area contributed by atoms with E-state index in [4.69, 9.17) is 4.98 Å². The molecule has 1 aliphatic rings. The third-order valence-electron chi connectivity index (χ3n) is 4.64. The lowest BCUT2D eigenvalue weighted by Gasteiger charge is -2.28. The highest BCUT2D eigenvalue weighted by Gasteiger charge is 2.21. The predicted octanol–water partition coefficient (Wildman–Crippen LogP) is 3.43. The fourth-order valence-corrected chi connectivity index (χ4v) is 3.31. The number of H-pyrrole nitrogens is 1. The minimum atomic E-state index is 0.608. The van der Waals surface area contributed by atoms with Crippen molar-refractivity contribution in [2.45, 2.75) is 18.8 Å². The molecule has 1 saturated heterocycles. The SMILES string of the molecule is CN1CCC(c2c[nH]c3ccc(-c4ccccn4)nc23)CC1. The molecule has 22 heavy (non-hydrogen) atoms. The van der Waals surface area contributed by atoms with Gasteiger partial charge in [0.1, 0.15) is 0 Å². The van der Waals surface area contributed by atoms with E-state index < -0.39 is 0 Å². The zero-order chi connectivity index (χ0) is 14.9. The van der Waals surface area contributed by atoms with Crippen LogP contribution in [0.5, 0.6) is 0 Å². The van der Waals surface area contributed by atoms with E-state index in [1.807, 2.05) is 30.5 Å². The first kappa shape index (κ1) is 13.5. The van der Waals surface area contributed by atoms with Crippen molar-refractivity contribution in [2.24, 2.45) is 0 Å². The number of fused-ring (bicyclic) bond motifs is 1. The molecule has 0 radical (unpaired) electrons. The van der Waals surface area contributed by atoms with Crippen LogP contribution in [0.4, 0.5) is 0 Å². The number of pyridine rings is 2. The summed E-state index contributed by atoms with van der Waals surface area (Å²) in [5.74, 6) is 0.608. The molecule has 4 heteroatoms. The highest BCUT2D eigenvalue weighted by molar-refractivity contribution is 5.82. The Balaban J connectivity index is 1.74. The smallest absolute Gasteiger partial charge is 0.0921 e. The molecular formula is C18H20N4. The first-order chi connectivity index (χ1) is 10.8. The van der Waals surface area contributed by atoms with Crippen LogP contribution >= 0.6 is 0 Å².